The second-order valence-electron chi connectivity index (χ2n) is 6.21. The number of rotatable bonds is 5. The summed E-state index contributed by atoms with van der Waals surface area (Å²) in [5, 5.41) is 2.46. The molecule has 2 aromatic rings. The normalized spacial score (nSPS) is 15.2. The first-order valence-electron chi connectivity index (χ1n) is 8.24. The summed E-state index contributed by atoms with van der Waals surface area (Å²) in [7, 11) is -3.69. The maximum absolute atomic E-state index is 13.2. The van der Waals surface area contributed by atoms with E-state index in [9.17, 15) is 17.6 Å². The van der Waals surface area contributed by atoms with E-state index in [1.54, 1.807) is 0 Å². The molecule has 3 rings (SSSR count). The van der Waals surface area contributed by atoms with Crippen LogP contribution >= 0.6 is 11.6 Å². The number of benzene rings is 2. The molecular weight excluding hydrogens is 379 g/mol. The van der Waals surface area contributed by atoms with Crippen molar-refractivity contribution in [1.82, 2.24) is 4.72 Å². The van der Waals surface area contributed by atoms with Crippen molar-refractivity contribution >= 4 is 33.2 Å². The van der Waals surface area contributed by atoms with Crippen molar-refractivity contribution < 1.29 is 17.6 Å². The molecule has 2 aromatic carbocycles. The molecule has 26 heavy (non-hydrogen) atoms. The van der Waals surface area contributed by atoms with Crippen molar-refractivity contribution in [2.24, 2.45) is 0 Å². The van der Waals surface area contributed by atoms with Crippen molar-refractivity contribution in [3.63, 3.8) is 0 Å². The number of hydrogen-bond donors (Lipinski definition) is 2. The molecule has 1 amide bonds. The zero-order chi connectivity index (χ0) is 18.7. The Labute approximate surface area is 156 Å². The van der Waals surface area contributed by atoms with Gasteiger partial charge in [0.25, 0.3) is 5.91 Å². The molecule has 0 radical (unpaired) electrons. The number of amides is 1. The lowest BCUT2D eigenvalue weighted by molar-refractivity contribution is 0.102. The van der Waals surface area contributed by atoms with Crippen LogP contribution in [0.15, 0.2) is 47.4 Å². The fourth-order valence-electron chi connectivity index (χ4n) is 2.91. The van der Waals surface area contributed by atoms with Gasteiger partial charge in [0.05, 0.1) is 9.92 Å². The molecule has 0 unspecified atom stereocenters. The molecule has 8 heteroatoms. The minimum atomic E-state index is -3.69. The maximum atomic E-state index is 13.2. The lowest BCUT2D eigenvalue weighted by Crippen LogP contribution is -2.32. The Bertz CT molecular complexity index is 928. The van der Waals surface area contributed by atoms with Gasteiger partial charge in [-0.3, -0.25) is 4.79 Å². The van der Waals surface area contributed by atoms with E-state index in [-0.39, 0.29) is 21.5 Å². The van der Waals surface area contributed by atoms with Crippen molar-refractivity contribution in [2.45, 2.75) is 36.6 Å². The van der Waals surface area contributed by atoms with E-state index in [0.717, 1.165) is 31.7 Å². The topological polar surface area (TPSA) is 75.3 Å². The van der Waals surface area contributed by atoms with Gasteiger partial charge in [0.1, 0.15) is 5.82 Å². The zero-order valence-corrected chi connectivity index (χ0v) is 15.4. The summed E-state index contributed by atoms with van der Waals surface area (Å²) in [6, 6.07) is 9.53. The second kappa shape index (κ2) is 7.73. The third-order valence-corrected chi connectivity index (χ3v) is 6.07. The van der Waals surface area contributed by atoms with E-state index in [0.29, 0.717) is 5.69 Å². The lowest BCUT2D eigenvalue weighted by Gasteiger charge is -2.13. The fourth-order valence-corrected chi connectivity index (χ4v) is 4.44. The summed E-state index contributed by atoms with van der Waals surface area (Å²) in [6.07, 6.45) is 3.67. The number of sulfonamides is 1. The summed E-state index contributed by atoms with van der Waals surface area (Å²) in [6.45, 7) is 0. The number of carbonyl (C=O) groups is 1. The van der Waals surface area contributed by atoms with Crippen LogP contribution in [-0.2, 0) is 10.0 Å². The molecule has 1 fully saturated rings. The van der Waals surface area contributed by atoms with Gasteiger partial charge in [-0.25, -0.2) is 17.5 Å². The largest absolute Gasteiger partial charge is 0.322 e. The third-order valence-electron chi connectivity index (χ3n) is 4.26. The van der Waals surface area contributed by atoms with Crippen LogP contribution in [0.2, 0.25) is 5.02 Å². The van der Waals surface area contributed by atoms with E-state index in [2.05, 4.69) is 10.0 Å². The highest BCUT2D eigenvalue weighted by Crippen LogP contribution is 2.22. The molecule has 1 saturated carbocycles. The summed E-state index contributed by atoms with van der Waals surface area (Å²) < 4.78 is 40.9. The monoisotopic (exact) mass is 396 g/mol. The first kappa shape index (κ1) is 18.8. The minimum absolute atomic E-state index is 0.0363. The van der Waals surface area contributed by atoms with Crippen molar-refractivity contribution in [3.8, 4) is 0 Å². The molecule has 5 nitrogen and oxygen atoms in total. The standard InChI is InChI=1S/C18H18ClFN2O3S/c19-16-11-14(8-9-17(16)20)21-18(23)12-4-3-7-15(10-12)26(24,25)22-13-5-1-2-6-13/h3-4,7-11,13,22H,1-2,5-6H2,(H,21,23). The Kier molecular flexibility index (Phi) is 5.60. The van der Waals surface area contributed by atoms with E-state index in [1.165, 1.54) is 36.4 Å². The molecule has 0 saturated heterocycles. The molecule has 2 N–H and O–H groups in total. The van der Waals surface area contributed by atoms with Gasteiger partial charge in [-0.2, -0.15) is 0 Å². The highest BCUT2D eigenvalue weighted by atomic mass is 35.5. The van der Waals surface area contributed by atoms with Crippen LogP contribution in [0.5, 0.6) is 0 Å². The van der Waals surface area contributed by atoms with Crippen LogP contribution in [0, 0.1) is 5.82 Å². The highest BCUT2D eigenvalue weighted by Gasteiger charge is 2.23. The Hall–Kier alpha value is -1.96. The number of halogens is 2. The first-order chi connectivity index (χ1) is 12.3. The second-order valence-corrected chi connectivity index (χ2v) is 8.33. The van der Waals surface area contributed by atoms with Gasteiger partial charge in [-0.15, -0.1) is 0 Å². The van der Waals surface area contributed by atoms with Gasteiger partial charge in [0, 0.05) is 17.3 Å². The van der Waals surface area contributed by atoms with E-state index in [1.807, 2.05) is 0 Å². The molecular formula is C18H18ClFN2O3S. The summed E-state index contributed by atoms with van der Waals surface area (Å²) in [5.74, 6) is -1.10. The number of anilines is 1. The Balaban J connectivity index is 1.77. The molecule has 0 atom stereocenters. The molecule has 138 valence electrons. The van der Waals surface area contributed by atoms with E-state index >= 15 is 0 Å². The Morgan fingerprint density at radius 2 is 1.85 bits per heavy atom. The Morgan fingerprint density at radius 1 is 1.12 bits per heavy atom. The molecule has 0 aliphatic heterocycles. The number of nitrogens with one attached hydrogen (secondary N) is 2. The zero-order valence-electron chi connectivity index (χ0n) is 13.8. The van der Waals surface area contributed by atoms with Crippen LogP contribution in [0.25, 0.3) is 0 Å². The molecule has 0 bridgehead atoms. The Morgan fingerprint density at radius 3 is 2.54 bits per heavy atom. The fraction of sp³-hybridized carbons (Fsp3) is 0.278. The van der Waals surface area contributed by atoms with Gasteiger partial charge >= 0.3 is 0 Å². The predicted molar refractivity (Wildman–Crippen MR) is 98.4 cm³/mol. The molecule has 1 aliphatic rings. The van der Waals surface area contributed by atoms with Gasteiger partial charge in [0.15, 0.2) is 0 Å². The van der Waals surface area contributed by atoms with Crippen LogP contribution in [0.1, 0.15) is 36.0 Å². The van der Waals surface area contributed by atoms with Crippen LogP contribution in [0.4, 0.5) is 10.1 Å². The first-order valence-corrected chi connectivity index (χ1v) is 10.1. The average Bonchev–Trinajstić information content (AvgIpc) is 3.10. The predicted octanol–water partition coefficient (Wildman–Crippen LogP) is 3.95. The summed E-state index contributed by atoms with van der Waals surface area (Å²) in [4.78, 5) is 12.4. The van der Waals surface area contributed by atoms with E-state index < -0.39 is 21.7 Å². The van der Waals surface area contributed by atoms with Crippen molar-refractivity contribution in [2.75, 3.05) is 5.32 Å². The quantitative estimate of drug-likeness (QED) is 0.803. The van der Waals surface area contributed by atoms with Crippen LogP contribution < -0.4 is 10.0 Å². The van der Waals surface area contributed by atoms with Crippen molar-refractivity contribution in [1.29, 1.82) is 0 Å². The SMILES string of the molecule is O=C(Nc1ccc(F)c(Cl)c1)c1cccc(S(=O)(=O)NC2CCCC2)c1. The summed E-state index contributed by atoms with van der Waals surface area (Å²) in [5.41, 5.74) is 0.499. The van der Waals surface area contributed by atoms with Gasteiger partial charge in [-0.05, 0) is 49.2 Å². The molecule has 1 aliphatic carbocycles. The number of hydrogen-bond acceptors (Lipinski definition) is 3. The summed E-state index contributed by atoms with van der Waals surface area (Å²) >= 11 is 5.70. The van der Waals surface area contributed by atoms with Gasteiger partial charge in [-0.1, -0.05) is 30.5 Å². The van der Waals surface area contributed by atoms with Gasteiger partial charge in [0.2, 0.25) is 10.0 Å². The average molecular weight is 397 g/mol. The number of carbonyl (C=O) groups excluding carboxylic acids is 1. The van der Waals surface area contributed by atoms with Crippen LogP contribution in [0.3, 0.4) is 0 Å². The lowest BCUT2D eigenvalue weighted by atomic mass is 10.2. The maximum Gasteiger partial charge on any atom is 0.255 e. The van der Waals surface area contributed by atoms with Crippen molar-refractivity contribution in [3.05, 3.63) is 58.9 Å². The smallest absolute Gasteiger partial charge is 0.255 e. The molecule has 0 aromatic heterocycles. The van der Waals surface area contributed by atoms with Crippen LogP contribution in [-0.4, -0.2) is 20.4 Å². The van der Waals surface area contributed by atoms with Gasteiger partial charge < -0.3 is 5.32 Å². The molecule has 0 spiro atoms. The third kappa shape index (κ3) is 4.41. The highest BCUT2D eigenvalue weighted by molar-refractivity contribution is 7.89. The minimum Gasteiger partial charge on any atom is -0.322 e. The van der Waals surface area contributed by atoms with E-state index in [4.69, 9.17) is 11.6 Å². The molecule has 0 heterocycles.